The summed E-state index contributed by atoms with van der Waals surface area (Å²) in [6, 6.07) is 0. The lowest BCUT2D eigenvalue weighted by Crippen LogP contribution is -3.00. The van der Waals surface area contributed by atoms with E-state index in [9.17, 15) is 4.79 Å². The van der Waals surface area contributed by atoms with Crippen LogP contribution in [0.1, 0.15) is 20.8 Å². The second kappa shape index (κ2) is 3.85. The van der Waals surface area contributed by atoms with Crippen molar-refractivity contribution in [1.29, 1.82) is 0 Å². The van der Waals surface area contributed by atoms with Gasteiger partial charge in [-0.15, -0.1) is 0 Å². The van der Waals surface area contributed by atoms with Crippen molar-refractivity contribution >= 4 is 5.78 Å². The van der Waals surface area contributed by atoms with Gasteiger partial charge in [0.1, 0.15) is 0 Å². The average molecular weight is 297 g/mol. The molecule has 13 heavy (non-hydrogen) atoms. The van der Waals surface area contributed by atoms with Crippen LogP contribution in [-0.4, -0.2) is 37.5 Å². The highest BCUT2D eigenvalue weighted by atomic mass is 127. The van der Waals surface area contributed by atoms with Gasteiger partial charge in [-0.25, -0.2) is 0 Å². The number of rotatable bonds is 0. The first-order valence-corrected chi connectivity index (χ1v) is 4.61. The summed E-state index contributed by atoms with van der Waals surface area (Å²) in [6.07, 6.45) is 0. The molecule has 0 spiro atoms. The third-order valence-corrected chi connectivity index (χ3v) is 2.71. The maximum atomic E-state index is 11.7. The lowest BCUT2D eigenvalue weighted by atomic mass is 9.77. The Morgan fingerprint density at radius 1 is 1.38 bits per heavy atom. The number of hydrogen-bond acceptors (Lipinski definition) is 1. The van der Waals surface area contributed by atoms with Crippen molar-refractivity contribution in [3.8, 4) is 0 Å². The molecule has 0 N–H and O–H groups in total. The fourth-order valence-corrected chi connectivity index (χ4v) is 2.70. The lowest BCUT2D eigenvalue weighted by Gasteiger charge is -2.43. The Labute approximate surface area is 98.3 Å². The zero-order valence-corrected chi connectivity index (χ0v) is 11.4. The third-order valence-electron chi connectivity index (χ3n) is 2.71. The molecule has 0 aromatic carbocycles. The maximum Gasteiger partial charge on any atom is 0.152 e. The second-order valence-electron chi connectivity index (χ2n) is 5.43. The smallest absolute Gasteiger partial charge is 0.152 e. The van der Waals surface area contributed by atoms with Crippen LogP contribution in [0.15, 0.2) is 0 Å². The number of ketones is 1. The molecule has 1 aliphatic heterocycles. The predicted molar refractivity (Wildman–Crippen MR) is 49.8 cm³/mol. The normalized spacial score (nSPS) is 30.8. The number of halogens is 1. The van der Waals surface area contributed by atoms with Gasteiger partial charge in [0.15, 0.2) is 5.78 Å². The molecule has 0 aromatic rings. The van der Waals surface area contributed by atoms with Gasteiger partial charge in [0.2, 0.25) is 0 Å². The van der Waals surface area contributed by atoms with Crippen LogP contribution in [-0.2, 0) is 4.79 Å². The van der Waals surface area contributed by atoms with E-state index in [2.05, 4.69) is 27.9 Å². The van der Waals surface area contributed by atoms with Crippen molar-refractivity contribution in [2.24, 2.45) is 11.3 Å². The van der Waals surface area contributed by atoms with Crippen molar-refractivity contribution in [2.45, 2.75) is 20.8 Å². The van der Waals surface area contributed by atoms with Gasteiger partial charge in [-0.3, -0.25) is 4.79 Å². The molecule has 1 unspecified atom stereocenters. The molecule has 0 bridgehead atoms. The number of Topliss-reactive ketones (excluding diaryl/α,β-unsaturated/α-hetero) is 1. The topological polar surface area (TPSA) is 17.1 Å². The van der Waals surface area contributed by atoms with Crippen LogP contribution in [0, 0.1) is 11.3 Å². The van der Waals surface area contributed by atoms with Crippen molar-refractivity contribution in [1.82, 2.24) is 0 Å². The minimum atomic E-state index is -0.124. The van der Waals surface area contributed by atoms with Gasteiger partial charge in [0.25, 0.3) is 0 Å². The van der Waals surface area contributed by atoms with Gasteiger partial charge in [0, 0.05) is 0 Å². The van der Waals surface area contributed by atoms with E-state index in [1.807, 2.05) is 6.92 Å². The van der Waals surface area contributed by atoms with Crippen LogP contribution >= 0.6 is 0 Å². The summed E-state index contributed by atoms with van der Waals surface area (Å²) in [4.78, 5) is 11.7. The van der Waals surface area contributed by atoms with Gasteiger partial charge in [-0.1, -0.05) is 6.92 Å². The molecular formula is C10H20INO. The highest BCUT2D eigenvalue weighted by Crippen LogP contribution is 2.30. The number of hydrogen-bond donors (Lipinski definition) is 0. The summed E-state index contributed by atoms with van der Waals surface area (Å²) in [7, 11) is 4.40. The van der Waals surface area contributed by atoms with E-state index in [0.29, 0.717) is 5.78 Å². The first kappa shape index (κ1) is 13.4. The molecule has 3 heteroatoms. The number of piperidine rings is 1. The molecule has 0 aliphatic carbocycles. The quantitative estimate of drug-likeness (QED) is 0.385. The Balaban J connectivity index is 0.00000144. The summed E-state index contributed by atoms with van der Waals surface area (Å²) in [5, 5.41) is 0. The summed E-state index contributed by atoms with van der Waals surface area (Å²) in [5.74, 6) is 0.656. The lowest BCUT2D eigenvalue weighted by molar-refractivity contribution is -0.900. The minimum absolute atomic E-state index is 0. The Morgan fingerprint density at radius 2 is 1.85 bits per heavy atom. The molecule has 0 amide bonds. The van der Waals surface area contributed by atoms with E-state index in [4.69, 9.17) is 0 Å². The number of likely N-dealkylation sites (tertiary alicyclic amines) is 1. The molecular weight excluding hydrogens is 277 g/mol. The SMILES string of the molecule is CC1C[N+](C)(C)CC(C)(C)C1=O.[I-]. The van der Waals surface area contributed by atoms with E-state index in [1.54, 1.807) is 0 Å². The van der Waals surface area contributed by atoms with Gasteiger partial charge < -0.3 is 28.5 Å². The van der Waals surface area contributed by atoms with Crippen LogP contribution in [0.4, 0.5) is 0 Å². The van der Waals surface area contributed by atoms with Crippen LogP contribution in [0.2, 0.25) is 0 Å². The van der Waals surface area contributed by atoms with Crippen molar-refractivity contribution in [3.05, 3.63) is 0 Å². The number of quaternary nitrogens is 1. The summed E-state index contributed by atoms with van der Waals surface area (Å²) >= 11 is 0. The largest absolute Gasteiger partial charge is 1.00 e. The summed E-state index contributed by atoms with van der Waals surface area (Å²) < 4.78 is 0.972. The molecule has 0 saturated carbocycles. The first-order chi connectivity index (χ1) is 5.25. The van der Waals surface area contributed by atoms with Crippen molar-refractivity contribution in [3.63, 3.8) is 0 Å². The first-order valence-electron chi connectivity index (χ1n) is 4.61. The van der Waals surface area contributed by atoms with Crippen LogP contribution in [0.3, 0.4) is 0 Å². The van der Waals surface area contributed by atoms with Gasteiger partial charge >= 0.3 is 0 Å². The molecule has 0 radical (unpaired) electrons. The van der Waals surface area contributed by atoms with E-state index in [-0.39, 0.29) is 35.3 Å². The monoisotopic (exact) mass is 297 g/mol. The van der Waals surface area contributed by atoms with Gasteiger partial charge in [-0.05, 0) is 13.8 Å². The van der Waals surface area contributed by atoms with Gasteiger partial charge in [0.05, 0.1) is 38.5 Å². The molecule has 1 saturated heterocycles. The molecule has 1 aliphatic rings. The zero-order valence-electron chi connectivity index (χ0n) is 9.22. The molecule has 1 heterocycles. The zero-order chi connectivity index (χ0) is 9.57. The summed E-state index contributed by atoms with van der Waals surface area (Å²) in [6.45, 7) is 8.12. The van der Waals surface area contributed by atoms with Crippen molar-refractivity contribution in [2.75, 3.05) is 27.2 Å². The molecule has 2 nitrogen and oxygen atoms in total. The fourth-order valence-electron chi connectivity index (χ4n) is 2.70. The highest BCUT2D eigenvalue weighted by Gasteiger charge is 2.44. The van der Waals surface area contributed by atoms with E-state index in [1.165, 1.54) is 0 Å². The number of nitrogens with zero attached hydrogens (tertiary/aromatic N) is 1. The molecule has 1 rings (SSSR count). The average Bonchev–Trinajstić information content (AvgIpc) is 1.79. The molecule has 78 valence electrons. The summed E-state index contributed by atoms with van der Waals surface area (Å²) in [5.41, 5.74) is -0.124. The maximum absolute atomic E-state index is 11.7. The number of carbonyl (C=O) groups is 1. The second-order valence-corrected chi connectivity index (χ2v) is 5.43. The van der Waals surface area contributed by atoms with E-state index >= 15 is 0 Å². The highest BCUT2D eigenvalue weighted by molar-refractivity contribution is 5.86. The van der Waals surface area contributed by atoms with Gasteiger partial charge in [-0.2, -0.15) is 0 Å². The number of carbonyl (C=O) groups excluding carboxylic acids is 1. The predicted octanol–water partition coefficient (Wildman–Crippen LogP) is -1.69. The van der Waals surface area contributed by atoms with Crippen LogP contribution < -0.4 is 24.0 Å². The van der Waals surface area contributed by atoms with E-state index in [0.717, 1.165) is 17.6 Å². The Morgan fingerprint density at radius 3 is 2.23 bits per heavy atom. The van der Waals surface area contributed by atoms with Crippen LogP contribution in [0.25, 0.3) is 0 Å². The van der Waals surface area contributed by atoms with Crippen LogP contribution in [0.5, 0.6) is 0 Å². The van der Waals surface area contributed by atoms with E-state index < -0.39 is 0 Å². The standard InChI is InChI=1S/C10H20NO.HI/c1-8-6-11(4,5)7-10(2,3)9(8)12;/h8H,6-7H2,1-5H3;1H/q+1;/p-1. The minimum Gasteiger partial charge on any atom is -1.00 e. The Bertz CT molecular complexity index is 211. The third kappa shape index (κ3) is 2.91. The molecule has 0 aromatic heterocycles. The Kier molecular flexibility index (Phi) is 3.95. The molecule has 1 fully saturated rings. The molecule has 1 atom stereocenters. The van der Waals surface area contributed by atoms with Crippen molar-refractivity contribution < 1.29 is 33.3 Å². The fraction of sp³-hybridized carbons (Fsp3) is 0.900. The Hall–Kier alpha value is 0.360.